The maximum Gasteiger partial charge on any atom is 0.306 e. The summed E-state index contributed by atoms with van der Waals surface area (Å²) in [5.41, 5.74) is 0. The van der Waals surface area contributed by atoms with Crippen LogP contribution < -0.4 is 0 Å². The highest BCUT2D eigenvalue weighted by Gasteiger charge is 2.19. The molecule has 0 aromatic carbocycles. The summed E-state index contributed by atoms with van der Waals surface area (Å²) in [6.45, 7) is 6.35. The van der Waals surface area contributed by atoms with E-state index >= 15 is 0 Å². The van der Waals surface area contributed by atoms with Crippen LogP contribution in [0.15, 0.2) is 72.9 Å². The number of carbonyl (C=O) groups is 3. The lowest BCUT2D eigenvalue weighted by atomic mass is 10.1. The van der Waals surface area contributed by atoms with Crippen molar-refractivity contribution < 1.29 is 28.6 Å². The molecule has 0 spiro atoms. The number of hydrogen-bond donors (Lipinski definition) is 0. The summed E-state index contributed by atoms with van der Waals surface area (Å²) in [6.07, 6.45) is 58.8. The molecule has 0 saturated heterocycles. The van der Waals surface area contributed by atoms with Crippen molar-refractivity contribution in [2.45, 2.75) is 232 Å². The van der Waals surface area contributed by atoms with Crippen LogP contribution in [0, 0.1) is 0 Å². The van der Waals surface area contributed by atoms with Gasteiger partial charge in [0.2, 0.25) is 0 Å². The fraction of sp³-hybridized carbons (Fsp3) is 0.717. The Morgan fingerprint density at radius 1 is 0.356 bits per heavy atom. The highest BCUT2D eigenvalue weighted by atomic mass is 16.6. The highest BCUT2D eigenvalue weighted by molar-refractivity contribution is 5.71. The molecule has 6 nitrogen and oxygen atoms in total. The van der Waals surface area contributed by atoms with Gasteiger partial charge in [0.15, 0.2) is 6.10 Å². The summed E-state index contributed by atoms with van der Waals surface area (Å²) in [5.74, 6) is -0.909. The first kappa shape index (κ1) is 55.9. The van der Waals surface area contributed by atoms with E-state index in [9.17, 15) is 14.4 Å². The van der Waals surface area contributed by atoms with Crippen LogP contribution in [0.1, 0.15) is 226 Å². The zero-order chi connectivity index (χ0) is 43.0. The monoisotopic (exact) mass is 823 g/mol. The van der Waals surface area contributed by atoms with E-state index in [0.29, 0.717) is 19.3 Å². The second kappa shape index (κ2) is 47.5. The number of ether oxygens (including phenoxy) is 3. The SMILES string of the molecule is CC\C=C/C=C\C=C/CCCCCCCCCC(=O)OCC(COC(=O)CCCCCCCCCCCCC)OC(=O)CCCCCCCCC\C=C/C=C\C=C/CC. The summed E-state index contributed by atoms with van der Waals surface area (Å²) in [7, 11) is 0. The molecule has 0 rings (SSSR count). The van der Waals surface area contributed by atoms with Crippen LogP contribution in [-0.2, 0) is 28.6 Å². The van der Waals surface area contributed by atoms with Gasteiger partial charge in [-0.3, -0.25) is 14.4 Å². The molecule has 0 N–H and O–H groups in total. The Morgan fingerprint density at radius 3 is 1.02 bits per heavy atom. The molecule has 0 heterocycles. The van der Waals surface area contributed by atoms with Crippen LogP contribution >= 0.6 is 0 Å². The van der Waals surface area contributed by atoms with Crippen molar-refractivity contribution in [2.24, 2.45) is 0 Å². The number of unbranched alkanes of at least 4 members (excludes halogenated alkanes) is 24. The van der Waals surface area contributed by atoms with Crippen LogP contribution in [0.2, 0.25) is 0 Å². The predicted octanol–water partition coefficient (Wildman–Crippen LogP) is 15.9. The molecule has 0 aliphatic carbocycles. The van der Waals surface area contributed by atoms with E-state index in [4.69, 9.17) is 14.2 Å². The number of carbonyl (C=O) groups excluding carboxylic acids is 3. The number of hydrogen-bond acceptors (Lipinski definition) is 6. The second-order valence-electron chi connectivity index (χ2n) is 16.1. The van der Waals surface area contributed by atoms with Gasteiger partial charge in [0.1, 0.15) is 13.2 Å². The maximum atomic E-state index is 12.8. The Kier molecular flexibility index (Phi) is 45.0. The van der Waals surface area contributed by atoms with Gasteiger partial charge in [-0.1, -0.05) is 222 Å². The second-order valence-corrected chi connectivity index (χ2v) is 16.1. The van der Waals surface area contributed by atoms with Crippen molar-refractivity contribution in [1.29, 1.82) is 0 Å². The predicted molar refractivity (Wildman–Crippen MR) is 251 cm³/mol. The van der Waals surface area contributed by atoms with Crippen molar-refractivity contribution >= 4 is 17.9 Å². The molecule has 0 bridgehead atoms. The number of allylic oxidation sites excluding steroid dienone is 12. The topological polar surface area (TPSA) is 78.9 Å². The Morgan fingerprint density at radius 2 is 0.661 bits per heavy atom. The van der Waals surface area contributed by atoms with E-state index in [1.165, 1.54) is 103 Å². The quantitative estimate of drug-likeness (QED) is 0.0264. The average Bonchev–Trinajstić information content (AvgIpc) is 3.23. The minimum atomic E-state index is -0.783. The van der Waals surface area contributed by atoms with Gasteiger partial charge < -0.3 is 14.2 Å². The minimum absolute atomic E-state index is 0.0833. The van der Waals surface area contributed by atoms with Crippen molar-refractivity contribution in [3.05, 3.63) is 72.9 Å². The summed E-state index contributed by atoms with van der Waals surface area (Å²) in [5, 5.41) is 0. The lowest BCUT2D eigenvalue weighted by Crippen LogP contribution is -2.30. The van der Waals surface area contributed by atoms with Crippen molar-refractivity contribution in [3.63, 3.8) is 0 Å². The van der Waals surface area contributed by atoms with Gasteiger partial charge >= 0.3 is 17.9 Å². The summed E-state index contributed by atoms with van der Waals surface area (Å²) >= 11 is 0. The fourth-order valence-electron chi connectivity index (χ4n) is 6.68. The van der Waals surface area contributed by atoms with Crippen LogP contribution in [0.25, 0.3) is 0 Å². The molecular weight excluding hydrogens is 733 g/mol. The van der Waals surface area contributed by atoms with Crippen LogP contribution in [0.4, 0.5) is 0 Å². The Balaban J connectivity index is 4.41. The van der Waals surface area contributed by atoms with E-state index < -0.39 is 6.10 Å². The third kappa shape index (κ3) is 45.8. The molecule has 59 heavy (non-hydrogen) atoms. The van der Waals surface area contributed by atoms with Gasteiger partial charge in [-0.2, -0.15) is 0 Å². The highest BCUT2D eigenvalue weighted by Crippen LogP contribution is 2.15. The lowest BCUT2D eigenvalue weighted by molar-refractivity contribution is -0.167. The molecule has 0 aliphatic heterocycles. The molecule has 0 aliphatic rings. The smallest absolute Gasteiger partial charge is 0.306 e. The molecule has 0 saturated carbocycles. The zero-order valence-electron chi connectivity index (χ0n) is 38.5. The molecule has 338 valence electrons. The first-order valence-corrected chi connectivity index (χ1v) is 24.5. The first-order valence-electron chi connectivity index (χ1n) is 24.5. The Bertz CT molecular complexity index is 1130. The third-order valence-corrected chi connectivity index (χ3v) is 10.3. The molecule has 0 aromatic rings. The molecule has 0 amide bonds. The number of rotatable bonds is 43. The largest absolute Gasteiger partial charge is 0.462 e. The van der Waals surface area contributed by atoms with Crippen molar-refractivity contribution in [1.82, 2.24) is 0 Å². The molecule has 1 atom stereocenters. The summed E-state index contributed by atoms with van der Waals surface area (Å²) in [6, 6.07) is 0. The molecule has 0 aromatic heterocycles. The van der Waals surface area contributed by atoms with E-state index in [1.807, 2.05) is 0 Å². The first-order chi connectivity index (χ1) is 29.0. The van der Waals surface area contributed by atoms with Gasteiger partial charge in [-0.15, -0.1) is 0 Å². The summed E-state index contributed by atoms with van der Waals surface area (Å²) < 4.78 is 16.7. The number of esters is 3. The van der Waals surface area contributed by atoms with Gasteiger partial charge in [0, 0.05) is 19.3 Å². The van der Waals surface area contributed by atoms with E-state index in [0.717, 1.165) is 83.5 Å². The van der Waals surface area contributed by atoms with Crippen molar-refractivity contribution in [2.75, 3.05) is 13.2 Å². The third-order valence-electron chi connectivity index (χ3n) is 10.3. The lowest BCUT2D eigenvalue weighted by Gasteiger charge is -2.18. The molecule has 1 unspecified atom stereocenters. The molecule has 0 fully saturated rings. The van der Waals surface area contributed by atoms with E-state index in [-0.39, 0.29) is 31.1 Å². The van der Waals surface area contributed by atoms with Crippen LogP contribution in [-0.4, -0.2) is 37.2 Å². The van der Waals surface area contributed by atoms with Gasteiger partial charge in [-0.05, 0) is 57.8 Å². The zero-order valence-corrected chi connectivity index (χ0v) is 38.5. The Hall–Kier alpha value is -3.15. The fourth-order valence-corrected chi connectivity index (χ4v) is 6.68. The van der Waals surface area contributed by atoms with Gasteiger partial charge in [-0.25, -0.2) is 0 Å². The van der Waals surface area contributed by atoms with Crippen LogP contribution in [0.3, 0.4) is 0 Å². The summed E-state index contributed by atoms with van der Waals surface area (Å²) in [4.78, 5) is 37.9. The van der Waals surface area contributed by atoms with Crippen molar-refractivity contribution in [3.8, 4) is 0 Å². The van der Waals surface area contributed by atoms with E-state index in [2.05, 4.69) is 93.7 Å². The Labute approximate surface area is 363 Å². The normalized spacial score (nSPS) is 12.7. The molecular formula is C53H90O6. The van der Waals surface area contributed by atoms with Crippen LogP contribution in [0.5, 0.6) is 0 Å². The van der Waals surface area contributed by atoms with Gasteiger partial charge in [0.05, 0.1) is 0 Å². The minimum Gasteiger partial charge on any atom is -0.462 e. The van der Waals surface area contributed by atoms with Gasteiger partial charge in [0.25, 0.3) is 0 Å². The molecule has 6 heteroatoms. The maximum absolute atomic E-state index is 12.8. The van der Waals surface area contributed by atoms with E-state index in [1.54, 1.807) is 0 Å². The average molecular weight is 823 g/mol. The molecule has 0 radical (unpaired) electrons. The standard InChI is InChI=1S/C53H90O6/c1-4-7-10-13-16-19-22-24-26-28-31-34-37-40-43-46-52(55)58-49-50(48-57-51(54)45-42-39-36-33-30-21-18-15-12-9-6-3)59-53(56)47-44-41-38-35-32-29-27-25-23-20-17-14-11-8-5-2/h7-8,10-11,13-14,16-17,19-20,22-23,50H,4-6,9,12,15,18,21,24-49H2,1-3H3/b10-7-,11-8-,16-13-,17-14-,22-19-,23-20-.